The van der Waals surface area contributed by atoms with Gasteiger partial charge in [0, 0.05) is 24.1 Å². The molecule has 2 aliphatic carbocycles. The SMILES string of the molecule is Cc1cc(NCC2(CC#N)CC2)ccc1C1CC1. The Morgan fingerprint density at radius 3 is 2.72 bits per heavy atom. The zero-order valence-corrected chi connectivity index (χ0v) is 11.0. The van der Waals surface area contributed by atoms with E-state index in [2.05, 4.69) is 36.5 Å². The zero-order chi connectivity index (χ0) is 12.6. The van der Waals surface area contributed by atoms with Crippen molar-refractivity contribution >= 4 is 5.69 Å². The van der Waals surface area contributed by atoms with E-state index < -0.39 is 0 Å². The highest BCUT2D eigenvalue weighted by molar-refractivity contribution is 5.50. The van der Waals surface area contributed by atoms with E-state index in [4.69, 9.17) is 5.26 Å². The molecule has 1 aromatic carbocycles. The van der Waals surface area contributed by atoms with Crippen LogP contribution in [0.3, 0.4) is 0 Å². The predicted molar refractivity (Wildman–Crippen MR) is 73.5 cm³/mol. The number of aryl methyl sites for hydroxylation is 1. The second kappa shape index (κ2) is 4.31. The zero-order valence-electron chi connectivity index (χ0n) is 11.0. The van der Waals surface area contributed by atoms with E-state index in [0.29, 0.717) is 6.42 Å². The van der Waals surface area contributed by atoms with Crippen molar-refractivity contribution in [1.29, 1.82) is 5.26 Å². The first-order valence-corrected chi connectivity index (χ1v) is 6.94. The topological polar surface area (TPSA) is 35.8 Å². The van der Waals surface area contributed by atoms with E-state index >= 15 is 0 Å². The molecule has 0 spiro atoms. The maximum Gasteiger partial charge on any atom is 0.0628 e. The molecular formula is C16H20N2. The monoisotopic (exact) mass is 240 g/mol. The maximum absolute atomic E-state index is 8.81. The van der Waals surface area contributed by atoms with Gasteiger partial charge < -0.3 is 5.32 Å². The summed E-state index contributed by atoms with van der Waals surface area (Å²) in [5, 5.41) is 12.3. The molecular weight excluding hydrogens is 220 g/mol. The second-order valence-electron chi connectivity index (χ2n) is 6.03. The van der Waals surface area contributed by atoms with Crippen molar-refractivity contribution in [3.63, 3.8) is 0 Å². The van der Waals surface area contributed by atoms with E-state index in [-0.39, 0.29) is 5.41 Å². The Balaban J connectivity index is 1.63. The quantitative estimate of drug-likeness (QED) is 0.845. The average molecular weight is 240 g/mol. The summed E-state index contributed by atoms with van der Waals surface area (Å²) >= 11 is 0. The molecule has 1 aromatic rings. The average Bonchev–Trinajstić information content (AvgIpc) is 3.23. The first kappa shape index (κ1) is 11.6. The lowest BCUT2D eigenvalue weighted by atomic mass is 10.0. The summed E-state index contributed by atoms with van der Waals surface area (Å²) in [4.78, 5) is 0. The van der Waals surface area contributed by atoms with E-state index in [0.717, 1.165) is 12.5 Å². The Bertz CT molecular complexity index is 490. The molecule has 2 saturated carbocycles. The van der Waals surface area contributed by atoms with Crippen LogP contribution < -0.4 is 5.32 Å². The highest BCUT2D eigenvalue weighted by Gasteiger charge is 2.42. The fourth-order valence-electron chi connectivity index (χ4n) is 2.69. The van der Waals surface area contributed by atoms with Crippen molar-refractivity contribution in [3.8, 4) is 6.07 Å². The van der Waals surface area contributed by atoms with Crippen molar-refractivity contribution in [2.75, 3.05) is 11.9 Å². The Morgan fingerprint density at radius 2 is 2.17 bits per heavy atom. The third-order valence-corrected chi connectivity index (χ3v) is 4.37. The van der Waals surface area contributed by atoms with E-state index in [1.54, 1.807) is 0 Å². The molecule has 0 radical (unpaired) electrons. The third-order valence-electron chi connectivity index (χ3n) is 4.37. The standard InChI is InChI=1S/C16H20N2/c1-12-10-14(4-5-15(12)13-2-3-13)18-11-16(6-7-16)8-9-17/h4-5,10,13,18H,2-3,6-8,11H2,1H3. The Hall–Kier alpha value is -1.49. The van der Waals surface area contributed by atoms with Crippen LogP contribution in [0.1, 0.15) is 49.1 Å². The summed E-state index contributed by atoms with van der Waals surface area (Å²) in [5.74, 6) is 0.826. The van der Waals surface area contributed by atoms with Crippen LogP contribution in [0.25, 0.3) is 0 Å². The van der Waals surface area contributed by atoms with E-state index in [9.17, 15) is 0 Å². The van der Waals surface area contributed by atoms with Crippen molar-refractivity contribution in [1.82, 2.24) is 0 Å². The van der Waals surface area contributed by atoms with Crippen LogP contribution in [0.2, 0.25) is 0 Å². The molecule has 0 bridgehead atoms. The van der Waals surface area contributed by atoms with Crippen LogP contribution in [0.15, 0.2) is 18.2 Å². The van der Waals surface area contributed by atoms with Crippen molar-refractivity contribution in [2.24, 2.45) is 5.41 Å². The smallest absolute Gasteiger partial charge is 0.0628 e. The molecule has 0 heterocycles. The van der Waals surface area contributed by atoms with Crippen LogP contribution in [-0.4, -0.2) is 6.54 Å². The lowest BCUT2D eigenvalue weighted by molar-refractivity contribution is 0.557. The van der Waals surface area contributed by atoms with Gasteiger partial charge in [0.15, 0.2) is 0 Å². The number of rotatable bonds is 5. The highest BCUT2D eigenvalue weighted by atomic mass is 14.9. The van der Waals surface area contributed by atoms with Crippen LogP contribution in [0.4, 0.5) is 5.69 Å². The van der Waals surface area contributed by atoms with Gasteiger partial charge in [-0.05, 0) is 61.8 Å². The van der Waals surface area contributed by atoms with E-state index in [1.807, 2.05) is 0 Å². The van der Waals surface area contributed by atoms with Gasteiger partial charge in [-0.1, -0.05) is 6.07 Å². The Kier molecular flexibility index (Phi) is 2.78. The fourth-order valence-corrected chi connectivity index (χ4v) is 2.69. The van der Waals surface area contributed by atoms with Crippen LogP contribution in [0, 0.1) is 23.7 Å². The molecule has 94 valence electrons. The molecule has 2 fully saturated rings. The van der Waals surface area contributed by atoms with E-state index in [1.165, 1.54) is 42.5 Å². The number of hydrogen-bond donors (Lipinski definition) is 1. The minimum atomic E-state index is 0.276. The lowest BCUT2D eigenvalue weighted by Gasteiger charge is -2.15. The van der Waals surface area contributed by atoms with Crippen LogP contribution in [0.5, 0.6) is 0 Å². The molecule has 3 rings (SSSR count). The lowest BCUT2D eigenvalue weighted by Crippen LogP contribution is -2.14. The number of anilines is 1. The van der Waals surface area contributed by atoms with Gasteiger partial charge in [0.05, 0.1) is 6.07 Å². The minimum absolute atomic E-state index is 0.276. The number of nitrogens with one attached hydrogen (secondary N) is 1. The first-order valence-electron chi connectivity index (χ1n) is 6.94. The van der Waals surface area contributed by atoms with Gasteiger partial charge in [0.2, 0.25) is 0 Å². The largest absolute Gasteiger partial charge is 0.384 e. The summed E-state index contributed by atoms with van der Waals surface area (Å²) in [6.07, 6.45) is 5.82. The molecule has 2 nitrogen and oxygen atoms in total. The highest BCUT2D eigenvalue weighted by Crippen LogP contribution is 2.48. The normalized spacial score (nSPS) is 20.2. The third kappa shape index (κ3) is 2.36. The van der Waals surface area contributed by atoms with Crippen molar-refractivity contribution in [2.45, 2.75) is 44.9 Å². The molecule has 0 aromatic heterocycles. The van der Waals surface area contributed by atoms with Gasteiger partial charge >= 0.3 is 0 Å². The Labute approximate surface area is 109 Å². The van der Waals surface area contributed by atoms with Gasteiger partial charge in [-0.15, -0.1) is 0 Å². The molecule has 0 saturated heterocycles. The van der Waals surface area contributed by atoms with Crippen molar-refractivity contribution < 1.29 is 0 Å². The van der Waals surface area contributed by atoms with Gasteiger partial charge in [-0.2, -0.15) is 5.26 Å². The minimum Gasteiger partial charge on any atom is -0.384 e. The number of nitriles is 1. The first-order chi connectivity index (χ1) is 8.72. The van der Waals surface area contributed by atoms with Crippen LogP contribution in [-0.2, 0) is 0 Å². The molecule has 2 aliphatic rings. The van der Waals surface area contributed by atoms with Crippen molar-refractivity contribution in [3.05, 3.63) is 29.3 Å². The van der Waals surface area contributed by atoms with Gasteiger partial charge in [-0.25, -0.2) is 0 Å². The number of benzene rings is 1. The fraction of sp³-hybridized carbons (Fsp3) is 0.562. The van der Waals surface area contributed by atoms with Gasteiger partial charge in [0.25, 0.3) is 0 Å². The van der Waals surface area contributed by atoms with Gasteiger partial charge in [0.1, 0.15) is 0 Å². The Morgan fingerprint density at radius 1 is 1.39 bits per heavy atom. The number of hydrogen-bond acceptors (Lipinski definition) is 2. The summed E-state index contributed by atoms with van der Waals surface area (Å²) in [7, 11) is 0. The number of nitrogens with zero attached hydrogens (tertiary/aromatic N) is 1. The molecule has 0 aliphatic heterocycles. The van der Waals surface area contributed by atoms with Gasteiger partial charge in [-0.3, -0.25) is 0 Å². The maximum atomic E-state index is 8.81. The molecule has 0 amide bonds. The summed E-state index contributed by atoms with van der Waals surface area (Å²) in [6.45, 7) is 3.16. The molecule has 0 atom stereocenters. The second-order valence-corrected chi connectivity index (χ2v) is 6.03. The summed E-state index contributed by atoms with van der Waals surface area (Å²) in [6, 6.07) is 9.04. The molecule has 0 unspecified atom stereocenters. The van der Waals surface area contributed by atoms with Crippen LogP contribution >= 0.6 is 0 Å². The summed E-state index contributed by atoms with van der Waals surface area (Å²) < 4.78 is 0. The summed E-state index contributed by atoms with van der Waals surface area (Å²) in [5.41, 5.74) is 4.42. The predicted octanol–water partition coefficient (Wildman–Crippen LogP) is 3.98. The molecule has 1 N–H and O–H groups in total. The molecule has 2 heteroatoms. The molecule has 18 heavy (non-hydrogen) atoms.